The Morgan fingerprint density at radius 3 is 2.89 bits per heavy atom. The molecule has 1 N–H and O–H groups in total. The topological polar surface area (TPSA) is 75.4 Å². The van der Waals surface area contributed by atoms with Crippen molar-refractivity contribution < 1.29 is 9.90 Å². The van der Waals surface area contributed by atoms with Gasteiger partial charge in [-0.1, -0.05) is 0 Å². The van der Waals surface area contributed by atoms with Crippen molar-refractivity contribution in [1.82, 2.24) is 9.55 Å². The molecule has 2 heterocycles. The van der Waals surface area contributed by atoms with Gasteiger partial charge < -0.3 is 14.6 Å². The van der Waals surface area contributed by atoms with Gasteiger partial charge in [0.05, 0.1) is 5.92 Å². The van der Waals surface area contributed by atoms with E-state index in [9.17, 15) is 9.59 Å². The molecule has 104 valence electrons. The lowest BCUT2D eigenvalue weighted by molar-refractivity contribution is -0.142. The van der Waals surface area contributed by atoms with E-state index in [1.54, 1.807) is 17.0 Å². The summed E-state index contributed by atoms with van der Waals surface area (Å²) >= 11 is 0. The van der Waals surface area contributed by atoms with Gasteiger partial charge in [0.1, 0.15) is 0 Å². The van der Waals surface area contributed by atoms with Crippen LogP contribution >= 0.6 is 0 Å². The van der Waals surface area contributed by atoms with E-state index < -0.39 is 5.97 Å². The zero-order chi connectivity index (χ0) is 14.0. The quantitative estimate of drug-likeness (QED) is 0.880. The number of piperidine rings is 1. The molecule has 0 aromatic carbocycles. The summed E-state index contributed by atoms with van der Waals surface area (Å²) in [5.74, 6) is -0.637. The van der Waals surface area contributed by atoms with Crippen molar-refractivity contribution in [2.24, 2.45) is 5.92 Å². The molecule has 1 aromatic heterocycles. The normalized spacial score (nSPS) is 23.4. The molecule has 1 fully saturated rings. The number of aliphatic carboxylic acids is 1. The van der Waals surface area contributed by atoms with E-state index in [1.165, 1.54) is 0 Å². The van der Waals surface area contributed by atoms with E-state index in [1.807, 2.05) is 18.7 Å². The summed E-state index contributed by atoms with van der Waals surface area (Å²) < 4.78 is 1.61. The van der Waals surface area contributed by atoms with E-state index in [0.29, 0.717) is 31.7 Å². The molecular weight excluding hydrogens is 246 g/mol. The standard InChI is InChI=1S/C13H19N3O3/c1-3-15-7-5-14-11(12(15)17)16-6-4-10(13(18)19)8-9(16)2/h5,7,9-10H,3-4,6,8H2,1-2H3,(H,18,19). The second kappa shape index (κ2) is 5.42. The number of rotatable bonds is 3. The van der Waals surface area contributed by atoms with Gasteiger partial charge in [0, 0.05) is 31.5 Å². The first-order chi connectivity index (χ1) is 9.04. The van der Waals surface area contributed by atoms with Crippen LogP contribution in [0.4, 0.5) is 5.82 Å². The number of aromatic nitrogens is 2. The Morgan fingerprint density at radius 1 is 1.58 bits per heavy atom. The van der Waals surface area contributed by atoms with Crippen LogP contribution in [-0.4, -0.2) is 33.2 Å². The number of hydrogen-bond donors (Lipinski definition) is 1. The van der Waals surface area contributed by atoms with Gasteiger partial charge in [0.25, 0.3) is 5.56 Å². The first kappa shape index (κ1) is 13.6. The van der Waals surface area contributed by atoms with Crippen molar-refractivity contribution in [1.29, 1.82) is 0 Å². The third-order valence-electron chi connectivity index (χ3n) is 3.73. The number of carbonyl (C=O) groups is 1. The van der Waals surface area contributed by atoms with E-state index in [0.717, 1.165) is 0 Å². The van der Waals surface area contributed by atoms with E-state index in [2.05, 4.69) is 4.98 Å². The van der Waals surface area contributed by atoms with Crippen LogP contribution in [0.3, 0.4) is 0 Å². The number of hydrogen-bond acceptors (Lipinski definition) is 4. The monoisotopic (exact) mass is 265 g/mol. The minimum atomic E-state index is -0.751. The van der Waals surface area contributed by atoms with Crippen molar-refractivity contribution >= 4 is 11.8 Å². The predicted molar refractivity (Wildman–Crippen MR) is 71.3 cm³/mol. The Morgan fingerprint density at radius 2 is 2.32 bits per heavy atom. The van der Waals surface area contributed by atoms with Gasteiger partial charge in [0.2, 0.25) is 0 Å². The summed E-state index contributed by atoms with van der Waals surface area (Å²) in [4.78, 5) is 29.3. The van der Waals surface area contributed by atoms with Crippen molar-refractivity contribution in [3.63, 3.8) is 0 Å². The van der Waals surface area contributed by atoms with Crippen molar-refractivity contribution in [3.05, 3.63) is 22.7 Å². The van der Waals surface area contributed by atoms with E-state index >= 15 is 0 Å². The molecule has 2 atom stereocenters. The average Bonchev–Trinajstić information content (AvgIpc) is 2.39. The predicted octanol–water partition coefficient (Wildman–Crippen LogP) is 0.953. The lowest BCUT2D eigenvalue weighted by atomic mass is 9.92. The van der Waals surface area contributed by atoms with Gasteiger partial charge in [-0.2, -0.15) is 0 Å². The molecule has 6 nitrogen and oxygen atoms in total. The van der Waals surface area contributed by atoms with Gasteiger partial charge in [-0.3, -0.25) is 9.59 Å². The van der Waals surface area contributed by atoms with Crippen molar-refractivity contribution in [2.75, 3.05) is 11.4 Å². The SMILES string of the molecule is CCn1ccnc(N2CCC(C(=O)O)CC2C)c1=O. The molecule has 0 saturated carbocycles. The highest BCUT2D eigenvalue weighted by molar-refractivity contribution is 5.70. The Labute approximate surface area is 111 Å². The zero-order valence-corrected chi connectivity index (χ0v) is 11.2. The fraction of sp³-hybridized carbons (Fsp3) is 0.615. The van der Waals surface area contributed by atoms with Crippen LogP contribution in [0.2, 0.25) is 0 Å². The summed E-state index contributed by atoms with van der Waals surface area (Å²) in [6.07, 6.45) is 4.40. The lowest BCUT2D eigenvalue weighted by Gasteiger charge is -2.36. The molecule has 1 aliphatic rings. The molecule has 1 aliphatic heterocycles. The summed E-state index contributed by atoms with van der Waals surface area (Å²) in [5, 5.41) is 9.05. The second-order valence-corrected chi connectivity index (χ2v) is 4.94. The number of aryl methyl sites for hydroxylation is 1. The summed E-state index contributed by atoms with van der Waals surface area (Å²) in [6.45, 7) is 5.02. The van der Waals surface area contributed by atoms with Gasteiger partial charge >= 0.3 is 5.97 Å². The second-order valence-electron chi connectivity index (χ2n) is 4.94. The maximum absolute atomic E-state index is 12.2. The molecule has 0 radical (unpaired) electrons. The molecule has 1 aromatic rings. The van der Waals surface area contributed by atoms with Crippen LogP contribution in [0.25, 0.3) is 0 Å². The number of carboxylic acids is 1. The average molecular weight is 265 g/mol. The third-order valence-corrected chi connectivity index (χ3v) is 3.73. The first-order valence-electron chi connectivity index (χ1n) is 6.59. The Balaban J connectivity index is 2.24. The fourth-order valence-corrected chi connectivity index (χ4v) is 2.59. The molecule has 2 rings (SSSR count). The van der Waals surface area contributed by atoms with Crippen LogP contribution in [0.5, 0.6) is 0 Å². The number of nitrogens with zero attached hydrogens (tertiary/aromatic N) is 3. The molecule has 19 heavy (non-hydrogen) atoms. The molecule has 0 spiro atoms. The highest BCUT2D eigenvalue weighted by Gasteiger charge is 2.31. The molecule has 0 bridgehead atoms. The van der Waals surface area contributed by atoms with Gasteiger partial charge in [0.15, 0.2) is 5.82 Å². The smallest absolute Gasteiger partial charge is 0.306 e. The first-order valence-corrected chi connectivity index (χ1v) is 6.59. The van der Waals surface area contributed by atoms with Gasteiger partial charge in [-0.25, -0.2) is 4.98 Å². The van der Waals surface area contributed by atoms with E-state index in [4.69, 9.17) is 5.11 Å². The highest BCUT2D eigenvalue weighted by atomic mass is 16.4. The Hall–Kier alpha value is -1.85. The molecule has 0 amide bonds. The Kier molecular flexibility index (Phi) is 3.87. The van der Waals surface area contributed by atoms with Crippen LogP contribution in [0.15, 0.2) is 17.2 Å². The Bertz CT molecular complexity index is 526. The van der Waals surface area contributed by atoms with Crippen molar-refractivity contribution in [2.45, 2.75) is 39.3 Å². The number of anilines is 1. The zero-order valence-electron chi connectivity index (χ0n) is 11.2. The largest absolute Gasteiger partial charge is 0.481 e. The summed E-state index contributed by atoms with van der Waals surface area (Å²) in [7, 11) is 0. The van der Waals surface area contributed by atoms with Gasteiger partial charge in [-0.05, 0) is 26.7 Å². The third kappa shape index (κ3) is 2.62. The van der Waals surface area contributed by atoms with Gasteiger partial charge in [-0.15, -0.1) is 0 Å². The maximum Gasteiger partial charge on any atom is 0.306 e. The minimum Gasteiger partial charge on any atom is -0.481 e. The van der Waals surface area contributed by atoms with Crippen LogP contribution in [0.1, 0.15) is 26.7 Å². The molecule has 2 unspecified atom stereocenters. The maximum atomic E-state index is 12.2. The summed E-state index contributed by atoms with van der Waals surface area (Å²) in [6, 6.07) is 0.0164. The van der Waals surface area contributed by atoms with Crippen molar-refractivity contribution in [3.8, 4) is 0 Å². The molecule has 6 heteroatoms. The fourth-order valence-electron chi connectivity index (χ4n) is 2.59. The molecule has 0 aliphatic carbocycles. The van der Waals surface area contributed by atoms with Crippen LogP contribution < -0.4 is 10.5 Å². The van der Waals surface area contributed by atoms with Crippen LogP contribution in [-0.2, 0) is 11.3 Å². The number of carboxylic acid groups (broad SMARTS) is 1. The summed E-state index contributed by atoms with van der Waals surface area (Å²) in [5.41, 5.74) is -0.106. The highest BCUT2D eigenvalue weighted by Crippen LogP contribution is 2.25. The molecule has 1 saturated heterocycles. The van der Waals surface area contributed by atoms with Crippen LogP contribution in [0, 0.1) is 5.92 Å². The minimum absolute atomic E-state index is 0.0164. The van der Waals surface area contributed by atoms with E-state index in [-0.39, 0.29) is 17.5 Å². The molecular formula is C13H19N3O3. The lowest BCUT2D eigenvalue weighted by Crippen LogP contribution is -2.46.